The van der Waals surface area contributed by atoms with Gasteiger partial charge >= 0.3 is 17.1 Å². The van der Waals surface area contributed by atoms with Crippen molar-refractivity contribution in [3.8, 4) is 0 Å². The number of imide groups is 1. The molecule has 2 heterocycles. The largest absolute Gasteiger partial charge is 0.347 e. The van der Waals surface area contributed by atoms with E-state index in [4.69, 9.17) is 0 Å². The maximum Gasteiger partial charge on any atom is 0.347 e. The Labute approximate surface area is 145 Å². The maximum absolute atomic E-state index is 12.3. The molecule has 2 aliphatic heterocycles. The molecule has 0 spiro atoms. The standard InChI is InChI=1S/C17H12N4O3S/c22-14-13-17(20-15(23)18-13,21-16(24)19-14)25(11-7-3-1-4-8-11)12-9-5-2-6-10-12/h1-10H,(H2-,19,20,21,22,23,24)/p+1. The second kappa shape index (κ2) is 5.75. The smallest absolute Gasteiger partial charge is 0.272 e. The summed E-state index contributed by atoms with van der Waals surface area (Å²) in [5, 5.41) is 7.58. The first-order valence-corrected chi connectivity index (χ1v) is 8.72. The van der Waals surface area contributed by atoms with Gasteiger partial charge in [-0.25, -0.2) is 9.59 Å². The molecule has 0 saturated carbocycles. The fraction of sp³-hybridized carbons (Fsp3) is 0.0588. The van der Waals surface area contributed by atoms with E-state index in [1.54, 1.807) is 0 Å². The van der Waals surface area contributed by atoms with Gasteiger partial charge in [0.1, 0.15) is 10.9 Å². The van der Waals surface area contributed by atoms with Crippen LogP contribution in [-0.4, -0.2) is 28.7 Å². The highest BCUT2D eigenvalue weighted by Gasteiger charge is 2.65. The van der Waals surface area contributed by atoms with Gasteiger partial charge in [-0.15, -0.1) is 0 Å². The van der Waals surface area contributed by atoms with E-state index in [2.05, 4.69) is 20.9 Å². The van der Waals surface area contributed by atoms with Crippen LogP contribution in [0.4, 0.5) is 9.59 Å². The Hall–Kier alpha value is -3.13. The SMILES string of the molecule is O=C1N=C2C(=O)NC(=O)NC2([S+](c2ccccc2)c2ccccc2)N1. The highest BCUT2D eigenvalue weighted by atomic mass is 32.2. The van der Waals surface area contributed by atoms with Gasteiger partial charge in [0.2, 0.25) is 5.71 Å². The van der Waals surface area contributed by atoms with Crippen molar-refractivity contribution < 1.29 is 14.4 Å². The summed E-state index contributed by atoms with van der Waals surface area (Å²) in [6.07, 6.45) is 0. The maximum atomic E-state index is 12.3. The normalized spacial score (nSPS) is 22.0. The molecular formula is C17H13N4O3S+. The zero-order valence-electron chi connectivity index (χ0n) is 12.9. The third-order valence-electron chi connectivity index (χ3n) is 3.83. The minimum Gasteiger partial charge on any atom is -0.272 e. The van der Waals surface area contributed by atoms with Gasteiger partial charge in [0, 0.05) is 0 Å². The average Bonchev–Trinajstić information content (AvgIpc) is 2.94. The van der Waals surface area contributed by atoms with Crippen LogP contribution >= 0.6 is 0 Å². The molecule has 2 aromatic carbocycles. The van der Waals surface area contributed by atoms with E-state index in [1.807, 2.05) is 60.7 Å². The average molecular weight is 353 g/mol. The van der Waals surface area contributed by atoms with E-state index in [0.29, 0.717) is 0 Å². The van der Waals surface area contributed by atoms with Crippen LogP contribution in [0.1, 0.15) is 0 Å². The van der Waals surface area contributed by atoms with Crippen molar-refractivity contribution >= 4 is 34.6 Å². The van der Waals surface area contributed by atoms with Gasteiger partial charge in [-0.2, -0.15) is 4.99 Å². The van der Waals surface area contributed by atoms with Crippen molar-refractivity contribution in [2.45, 2.75) is 14.8 Å². The minimum absolute atomic E-state index is 0.0341. The number of hydrogen-bond acceptors (Lipinski definition) is 3. The second-order valence-corrected chi connectivity index (χ2v) is 7.58. The third-order valence-corrected chi connectivity index (χ3v) is 6.32. The van der Waals surface area contributed by atoms with Crippen molar-refractivity contribution in [2.24, 2.45) is 4.99 Å². The summed E-state index contributed by atoms with van der Waals surface area (Å²) < 4.78 is 0. The molecule has 1 unspecified atom stereocenters. The molecule has 0 aliphatic carbocycles. The molecule has 0 aromatic heterocycles. The van der Waals surface area contributed by atoms with Gasteiger partial charge in [0.05, 0.1) is 0 Å². The molecule has 1 saturated heterocycles. The molecular weight excluding hydrogens is 340 g/mol. The Morgan fingerprint density at radius 1 is 0.800 bits per heavy atom. The van der Waals surface area contributed by atoms with Crippen LogP contribution in [0.25, 0.3) is 0 Å². The topological polar surface area (TPSA) is 99.7 Å². The van der Waals surface area contributed by atoms with E-state index in [0.717, 1.165) is 9.79 Å². The van der Waals surface area contributed by atoms with E-state index < -0.39 is 33.9 Å². The molecule has 0 radical (unpaired) electrons. The number of rotatable bonds is 3. The molecule has 3 N–H and O–H groups in total. The van der Waals surface area contributed by atoms with Gasteiger partial charge in [-0.1, -0.05) is 36.4 Å². The number of fused-ring (bicyclic) bond motifs is 1. The Morgan fingerprint density at radius 2 is 1.36 bits per heavy atom. The van der Waals surface area contributed by atoms with Gasteiger partial charge in [-0.05, 0) is 24.3 Å². The van der Waals surface area contributed by atoms with Gasteiger partial charge in [0.25, 0.3) is 5.91 Å². The number of carbonyl (C=O) groups is 3. The molecule has 25 heavy (non-hydrogen) atoms. The zero-order valence-corrected chi connectivity index (χ0v) is 13.7. The van der Waals surface area contributed by atoms with Gasteiger partial charge in [0.15, 0.2) is 9.79 Å². The fourth-order valence-corrected chi connectivity index (χ4v) is 5.43. The molecule has 5 amide bonds. The lowest BCUT2D eigenvalue weighted by Gasteiger charge is -2.32. The van der Waals surface area contributed by atoms with E-state index in [9.17, 15) is 14.4 Å². The second-order valence-electron chi connectivity index (χ2n) is 5.41. The number of nitrogens with zero attached hydrogens (tertiary/aromatic N) is 1. The molecule has 4 rings (SSSR count). The lowest BCUT2D eigenvalue weighted by Crippen LogP contribution is -2.74. The number of amides is 5. The number of urea groups is 2. The fourth-order valence-electron chi connectivity index (χ4n) is 2.87. The Kier molecular flexibility index (Phi) is 3.54. The first-order valence-electron chi connectivity index (χ1n) is 7.49. The van der Waals surface area contributed by atoms with Crippen molar-refractivity contribution in [3.05, 3.63) is 60.7 Å². The third kappa shape index (κ3) is 2.47. The molecule has 0 bridgehead atoms. The first kappa shape index (κ1) is 15.4. The first-order chi connectivity index (χ1) is 12.1. The van der Waals surface area contributed by atoms with Crippen LogP contribution in [-0.2, 0) is 15.7 Å². The van der Waals surface area contributed by atoms with E-state index in [1.165, 1.54) is 0 Å². The monoisotopic (exact) mass is 353 g/mol. The quantitative estimate of drug-likeness (QED) is 0.727. The Balaban J connectivity index is 1.95. The molecule has 8 heteroatoms. The predicted molar refractivity (Wildman–Crippen MR) is 92.2 cm³/mol. The lowest BCUT2D eigenvalue weighted by atomic mass is 10.2. The highest BCUT2D eigenvalue weighted by Crippen LogP contribution is 2.36. The molecule has 2 aromatic rings. The summed E-state index contributed by atoms with van der Waals surface area (Å²) in [7, 11) is -0.882. The van der Waals surface area contributed by atoms with Crippen LogP contribution in [0.5, 0.6) is 0 Å². The summed E-state index contributed by atoms with van der Waals surface area (Å²) in [5.41, 5.74) is -0.0341. The summed E-state index contributed by atoms with van der Waals surface area (Å²) in [6, 6.07) is 17.5. The van der Waals surface area contributed by atoms with Crippen molar-refractivity contribution in [3.63, 3.8) is 0 Å². The zero-order chi connectivity index (χ0) is 17.4. The number of benzene rings is 2. The van der Waals surface area contributed by atoms with Crippen molar-refractivity contribution in [1.29, 1.82) is 0 Å². The summed E-state index contributed by atoms with van der Waals surface area (Å²) >= 11 is 0. The van der Waals surface area contributed by atoms with Crippen molar-refractivity contribution in [2.75, 3.05) is 0 Å². The van der Waals surface area contributed by atoms with Crippen molar-refractivity contribution in [1.82, 2.24) is 16.0 Å². The highest BCUT2D eigenvalue weighted by molar-refractivity contribution is 7.99. The number of nitrogens with one attached hydrogen (secondary N) is 3. The molecule has 2 aliphatic rings. The van der Waals surface area contributed by atoms with Crippen LogP contribution in [0, 0.1) is 0 Å². The molecule has 7 nitrogen and oxygen atoms in total. The summed E-state index contributed by atoms with van der Waals surface area (Å²) in [4.78, 5) is 40.5. The van der Waals surface area contributed by atoms with Gasteiger partial charge in [-0.3, -0.25) is 20.7 Å². The minimum atomic E-state index is -1.40. The van der Waals surface area contributed by atoms with E-state index in [-0.39, 0.29) is 5.71 Å². The summed E-state index contributed by atoms with van der Waals surface area (Å²) in [6.45, 7) is 0. The number of hydrogen-bond donors (Lipinski definition) is 3. The molecule has 124 valence electrons. The summed E-state index contributed by atoms with van der Waals surface area (Å²) in [5.74, 6) is -0.675. The number of aliphatic imine (C=N–C) groups is 1. The predicted octanol–water partition coefficient (Wildman–Crippen LogP) is 1.38. The molecule has 1 fully saturated rings. The van der Waals surface area contributed by atoms with Crippen LogP contribution in [0.15, 0.2) is 75.4 Å². The van der Waals surface area contributed by atoms with E-state index >= 15 is 0 Å². The van der Waals surface area contributed by atoms with Gasteiger partial charge < -0.3 is 0 Å². The Morgan fingerprint density at radius 3 is 1.92 bits per heavy atom. The number of carbonyl (C=O) groups excluding carboxylic acids is 3. The van der Waals surface area contributed by atoms with Crippen LogP contribution < -0.4 is 16.0 Å². The molecule has 1 atom stereocenters. The van der Waals surface area contributed by atoms with Crippen LogP contribution in [0.2, 0.25) is 0 Å². The lowest BCUT2D eigenvalue weighted by molar-refractivity contribution is -0.114. The van der Waals surface area contributed by atoms with Crippen LogP contribution in [0.3, 0.4) is 0 Å². The Bertz CT molecular complexity index is 861.